The summed E-state index contributed by atoms with van der Waals surface area (Å²) in [5.74, 6) is 1.86. The number of hydrogen-bond acceptors (Lipinski definition) is 6. The number of rotatable bonds is 16. The molecule has 0 heterocycles. The van der Waals surface area contributed by atoms with Gasteiger partial charge in [0.15, 0.2) is 0 Å². The van der Waals surface area contributed by atoms with E-state index in [0.29, 0.717) is 0 Å². The predicted octanol–water partition coefficient (Wildman–Crippen LogP) is 2.61. The molecule has 0 aliphatic rings. The van der Waals surface area contributed by atoms with E-state index in [9.17, 15) is 19.8 Å². The first-order chi connectivity index (χ1) is 12.3. The Balaban J connectivity index is -0.000000192. The maximum Gasteiger partial charge on any atom is 3.00 e. The molecule has 160 valence electrons. The van der Waals surface area contributed by atoms with Gasteiger partial charge in [-0.25, -0.2) is 0 Å². The van der Waals surface area contributed by atoms with Crippen LogP contribution in [0, 0.1) is 11.8 Å². The van der Waals surface area contributed by atoms with E-state index in [0.717, 1.165) is 36.2 Å². The van der Waals surface area contributed by atoms with Crippen LogP contribution in [-0.4, -0.2) is 83.8 Å². The van der Waals surface area contributed by atoms with Gasteiger partial charge in [-0.1, -0.05) is 66.2 Å². The van der Waals surface area contributed by atoms with Crippen LogP contribution in [-0.2, 0) is 9.59 Å². The van der Waals surface area contributed by atoms with E-state index in [2.05, 4.69) is 27.7 Å². The minimum Gasteiger partial charge on any atom is -0.549 e. The van der Waals surface area contributed by atoms with Crippen LogP contribution in [0.1, 0.15) is 79.1 Å². The SMILES string of the molecule is CC(C)CCCCCSCC(=O)[O-].CC(C)CCCCCSCC(=O)[O-].[Sb+3].[Sb+3]. The van der Waals surface area contributed by atoms with Crippen LogP contribution in [0.25, 0.3) is 0 Å². The first-order valence-corrected chi connectivity index (χ1v) is 12.1. The Hall–Kier alpha value is 1.28. The Morgan fingerprint density at radius 3 is 1.21 bits per heavy atom. The number of carboxylic acids is 2. The fourth-order valence-electron chi connectivity index (χ4n) is 2.18. The van der Waals surface area contributed by atoms with Crippen LogP contribution in [0.2, 0.25) is 0 Å². The van der Waals surface area contributed by atoms with Gasteiger partial charge in [-0.3, -0.25) is 0 Å². The molecule has 0 spiro atoms. The second-order valence-electron chi connectivity index (χ2n) is 7.34. The molecule has 0 aliphatic heterocycles. The predicted molar refractivity (Wildman–Crippen MR) is 123 cm³/mol. The molecule has 0 N–H and O–H groups in total. The second-order valence-corrected chi connectivity index (χ2v) is 9.55. The average molecular weight is 650 g/mol. The fourth-order valence-corrected chi connectivity index (χ4v) is 3.62. The van der Waals surface area contributed by atoms with Crippen molar-refractivity contribution in [2.24, 2.45) is 11.8 Å². The number of carbonyl (C=O) groups is 2. The van der Waals surface area contributed by atoms with Gasteiger partial charge in [0, 0.05) is 11.5 Å². The molecule has 0 aromatic rings. The molecule has 0 bridgehead atoms. The number of carbonyl (C=O) groups excluding carboxylic acids is 2. The van der Waals surface area contributed by atoms with Gasteiger partial charge in [-0.05, 0) is 36.2 Å². The molecule has 0 saturated carbocycles. The fraction of sp³-hybridized carbons (Fsp3) is 0.900. The first kappa shape index (κ1) is 36.6. The molecule has 0 amide bonds. The van der Waals surface area contributed by atoms with Crippen molar-refractivity contribution in [3.8, 4) is 0 Å². The molecule has 4 nitrogen and oxygen atoms in total. The quantitative estimate of drug-likeness (QED) is 0.189. The van der Waals surface area contributed by atoms with Crippen molar-refractivity contribution in [3.63, 3.8) is 0 Å². The molecule has 28 heavy (non-hydrogen) atoms. The van der Waals surface area contributed by atoms with E-state index in [1.807, 2.05) is 0 Å². The molecule has 0 aromatic heterocycles. The molecule has 0 aliphatic carbocycles. The van der Waals surface area contributed by atoms with Crippen molar-refractivity contribution < 1.29 is 19.8 Å². The summed E-state index contributed by atoms with van der Waals surface area (Å²) in [7, 11) is 0. The van der Waals surface area contributed by atoms with Crippen LogP contribution >= 0.6 is 23.5 Å². The molecule has 4 radical (unpaired) electrons. The van der Waals surface area contributed by atoms with Crippen LogP contribution in [0.4, 0.5) is 0 Å². The number of aliphatic carboxylic acids is 2. The minimum atomic E-state index is -0.952. The summed E-state index contributed by atoms with van der Waals surface area (Å²) in [5, 5.41) is 20.1. The molecule has 0 fully saturated rings. The molecule has 0 unspecified atom stereocenters. The zero-order valence-corrected chi connectivity index (χ0v) is 24.7. The van der Waals surface area contributed by atoms with Crippen LogP contribution < -0.4 is 10.2 Å². The van der Waals surface area contributed by atoms with Crippen molar-refractivity contribution in [1.82, 2.24) is 0 Å². The maximum absolute atomic E-state index is 10.0. The molecule has 8 heteroatoms. The maximum atomic E-state index is 10.0. The Morgan fingerprint density at radius 1 is 0.643 bits per heavy atom. The third-order valence-electron chi connectivity index (χ3n) is 3.58. The zero-order chi connectivity index (χ0) is 20.2. The summed E-state index contributed by atoms with van der Waals surface area (Å²) in [6, 6.07) is 0. The molecular formula is C20H38O4S2Sb2+4. The van der Waals surface area contributed by atoms with E-state index in [4.69, 9.17) is 0 Å². The summed E-state index contributed by atoms with van der Waals surface area (Å²) in [5.41, 5.74) is 0. The Labute approximate surface area is 216 Å². The second kappa shape index (κ2) is 28.3. The van der Waals surface area contributed by atoms with E-state index >= 15 is 0 Å². The Bertz CT molecular complexity index is 312. The Morgan fingerprint density at radius 2 is 0.964 bits per heavy atom. The van der Waals surface area contributed by atoms with Crippen molar-refractivity contribution in [1.29, 1.82) is 0 Å². The van der Waals surface area contributed by atoms with Crippen molar-refractivity contribution >= 4 is 84.3 Å². The van der Waals surface area contributed by atoms with Gasteiger partial charge < -0.3 is 19.8 Å². The summed E-state index contributed by atoms with van der Waals surface area (Å²) in [6.45, 7) is 8.91. The van der Waals surface area contributed by atoms with Crippen LogP contribution in [0.15, 0.2) is 0 Å². The third kappa shape index (κ3) is 41.6. The van der Waals surface area contributed by atoms with E-state index in [1.165, 1.54) is 62.0 Å². The molecule has 0 rings (SSSR count). The normalized spacial score (nSPS) is 9.93. The smallest absolute Gasteiger partial charge is 0.549 e. The van der Waals surface area contributed by atoms with Gasteiger partial charge in [0.2, 0.25) is 0 Å². The molecular weight excluding hydrogens is 612 g/mol. The topological polar surface area (TPSA) is 80.3 Å². The number of unbranched alkanes of at least 4 members (excludes halogenated alkanes) is 4. The van der Waals surface area contributed by atoms with E-state index in [-0.39, 0.29) is 60.4 Å². The largest absolute Gasteiger partial charge is 3.00 e. The standard InChI is InChI=1S/2C10H20O2S.2Sb/c2*1-9(2)6-4-3-5-7-13-8-10(11)12;;/h2*9H,3-8H2,1-2H3,(H,11,12);;/q;;2*+3/p-2. The number of thioether (sulfide) groups is 2. The van der Waals surface area contributed by atoms with Crippen molar-refractivity contribution in [2.75, 3.05) is 23.0 Å². The summed E-state index contributed by atoms with van der Waals surface area (Å²) >= 11 is 2.92. The van der Waals surface area contributed by atoms with Gasteiger partial charge >= 0.3 is 48.9 Å². The van der Waals surface area contributed by atoms with Crippen LogP contribution in [0.3, 0.4) is 0 Å². The third-order valence-corrected chi connectivity index (χ3v) is 5.61. The number of hydrogen-bond donors (Lipinski definition) is 0. The van der Waals surface area contributed by atoms with E-state index in [1.54, 1.807) is 0 Å². The van der Waals surface area contributed by atoms with Crippen molar-refractivity contribution in [3.05, 3.63) is 0 Å². The average Bonchev–Trinajstić information content (AvgIpc) is 2.52. The van der Waals surface area contributed by atoms with Gasteiger partial charge in [-0.15, -0.1) is 0 Å². The van der Waals surface area contributed by atoms with Gasteiger partial charge in [0.1, 0.15) is 0 Å². The zero-order valence-electron chi connectivity index (χ0n) is 18.0. The Kier molecular flexibility index (Phi) is 37.0. The van der Waals surface area contributed by atoms with Crippen molar-refractivity contribution in [2.45, 2.75) is 79.1 Å². The van der Waals surface area contributed by atoms with Crippen LogP contribution in [0.5, 0.6) is 0 Å². The summed E-state index contributed by atoms with van der Waals surface area (Å²) in [6.07, 6.45) is 9.80. The summed E-state index contributed by atoms with van der Waals surface area (Å²) < 4.78 is 0. The van der Waals surface area contributed by atoms with Gasteiger partial charge in [0.25, 0.3) is 0 Å². The minimum absolute atomic E-state index is 0. The number of carboxylic acid groups (broad SMARTS) is 2. The van der Waals surface area contributed by atoms with Gasteiger partial charge in [-0.2, -0.15) is 23.5 Å². The molecule has 0 aromatic carbocycles. The van der Waals surface area contributed by atoms with Gasteiger partial charge in [0.05, 0.1) is 11.9 Å². The first-order valence-electron chi connectivity index (χ1n) is 9.80. The monoisotopic (exact) mass is 648 g/mol. The molecule has 0 saturated heterocycles. The summed E-state index contributed by atoms with van der Waals surface area (Å²) in [4.78, 5) is 20.1. The van der Waals surface area contributed by atoms with E-state index < -0.39 is 11.9 Å². The molecule has 0 atom stereocenters.